The van der Waals surface area contributed by atoms with E-state index in [9.17, 15) is 19.1 Å². The molecule has 0 radical (unpaired) electrons. The topological polar surface area (TPSA) is 100 Å². The van der Waals surface area contributed by atoms with Gasteiger partial charge in [-0.25, -0.2) is 4.39 Å². The summed E-state index contributed by atoms with van der Waals surface area (Å²) in [6.07, 6.45) is 2.11. The smallest absolute Gasteiger partial charge is 0.251 e. The fourth-order valence-electron chi connectivity index (χ4n) is 4.07. The molecule has 3 rings (SSSR count). The monoisotopic (exact) mass is 475 g/mol. The Morgan fingerprint density at radius 2 is 2.09 bits per heavy atom. The van der Waals surface area contributed by atoms with Gasteiger partial charge >= 0.3 is 0 Å². The van der Waals surface area contributed by atoms with Crippen LogP contribution in [-0.2, 0) is 16.6 Å². The fourth-order valence-corrected chi connectivity index (χ4v) is 4.40. The summed E-state index contributed by atoms with van der Waals surface area (Å²) in [6.45, 7) is 7.64. The van der Waals surface area contributed by atoms with Gasteiger partial charge in [-0.1, -0.05) is 39.1 Å². The number of rotatable bonds is 6. The van der Waals surface area contributed by atoms with Gasteiger partial charge in [-0.2, -0.15) is 5.10 Å². The molecule has 33 heavy (non-hydrogen) atoms. The number of amides is 2. The lowest BCUT2D eigenvalue weighted by molar-refractivity contribution is -0.142. The molecule has 8 nitrogen and oxygen atoms in total. The van der Waals surface area contributed by atoms with E-state index in [1.54, 1.807) is 32.3 Å². The van der Waals surface area contributed by atoms with Crippen molar-refractivity contribution in [2.75, 3.05) is 6.54 Å². The standard InChI is InChI=1S/C23H30FN5O3S/c1-14(15-6-7-18(25-10-15)20-17(24)11-26-28(20)5)27-21(32)23(13-33)8-16(30)12-29(23)19(31)9-22(2,3)4/h6-7,10-11,13-14,16,30H,8-9,12H2,1-5H3,(H,27,32)/t14-,16+,23+/m0/s1. The number of carbonyl (C=O) groups is 2. The van der Waals surface area contributed by atoms with Crippen molar-refractivity contribution in [2.45, 2.75) is 58.2 Å². The van der Waals surface area contributed by atoms with E-state index < -0.39 is 29.4 Å². The van der Waals surface area contributed by atoms with Crippen molar-refractivity contribution in [1.29, 1.82) is 0 Å². The molecular weight excluding hydrogens is 445 g/mol. The van der Waals surface area contributed by atoms with Crippen molar-refractivity contribution in [3.63, 3.8) is 0 Å². The molecule has 0 spiro atoms. The Morgan fingerprint density at radius 1 is 1.39 bits per heavy atom. The predicted molar refractivity (Wildman–Crippen MR) is 126 cm³/mol. The van der Waals surface area contributed by atoms with Crippen LogP contribution in [0.4, 0.5) is 4.39 Å². The van der Waals surface area contributed by atoms with Crippen LogP contribution in [0.15, 0.2) is 24.5 Å². The molecular formula is C23H30FN5O3S. The van der Waals surface area contributed by atoms with E-state index >= 15 is 0 Å². The quantitative estimate of drug-likeness (QED) is 0.623. The maximum absolute atomic E-state index is 14.0. The molecule has 1 saturated heterocycles. The number of aromatic nitrogens is 3. The average Bonchev–Trinajstić information content (AvgIpc) is 3.26. The van der Waals surface area contributed by atoms with E-state index in [0.29, 0.717) is 11.3 Å². The van der Waals surface area contributed by atoms with E-state index in [1.165, 1.54) is 14.9 Å². The first-order valence-electron chi connectivity index (χ1n) is 10.8. The van der Waals surface area contributed by atoms with Gasteiger partial charge in [0.25, 0.3) is 5.91 Å². The van der Waals surface area contributed by atoms with Gasteiger partial charge in [-0.3, -0.25) is 19.3 Å². The van der Waals surface area contributed by atoms with E-state index in [0.717, 1.165) is 6.20 Å². The number of thiocarbonyl (C=S) groups is 1. The number of aliphatic hydroxyl groups is 1. The minimum Gasteiger partial charge on any atom is -0.391 e. The van der Waals surface area contributed by atoms with Crippen LogP contribution in [0.2, 0.25) is 0 Å². The van der Waals surface area contributed by atoms with E-state index in [1.807, 2.05) is 20.8 Å². The number of nitrogens with one attached hydrogen (secondary N) is 1. The number of pyridine rings is 1. The number of β-amino-alcohol motifs (C(OH)–C–C–N with tert-alkyl or cyclic N) is 1. The summed E-state index contributed by atoms with van der Waals surface area (Å²) in [4.78, 5) is 32.0. The molecule has 0 bridgehead atoms. The molecule has 1 aliphatic heterocycles. The molecule has 0 aromatic carbocycles. The third-order valence-corrected chi connectivity index (χ3v) is 6.15. The molecule has 2 aromatic rings. The van der Waals surface area contributed by atoms with Crippen molar-refractivity contribution < 1.29 is 19.1 Å². The summed E-state index contributed by atoms with van der Waals surface area (Å²) in [5.41, 5.74) is -0.298. The Bertz CT molecular complexity index is 1030. The number of aryl methyl sites for hydroxylation is 1. The van der Waals surface area contributed by atoms with E-state index in [2.05, 4.69) is 15.4 Å². The van der Waals surface area contributed by atoms with Crippen LogP contribution in [-0.4, -0.2) is 60.1 Å². The van der Waals surface area contributed by atoms with Crippen LogP contribution in [0, 0.1) is 11.2 Å². The van der Waals surface area contributed by atoms with Crippen molar-refractivity contribution in [1.82, 2.24) is 25.0 Å². The zero-order chi connectivity index (χ0) is 24.6. The molecule has 0 saturated carbocycles. The summed E-state index contributed by atoms with van der Waals surface area (Å²) in [5, 5.41) is 18.3. The first kappa shape index (κ1) is 24.9. The van der Waals surface area contributed by atoms with Gasteiger partial charge in [0.1, 0.15) is 5.69 Å². The van der Waals surface area contributed by atoms with Crippen molar-refractivity contribution in [2.24, 2.45) is 12.5 Å². The molecule has 1 aliphatic rings. The minimum atomic E-state index is -1.41. The first-order valence-corrected chi connectivity index (χ1v) is 11.2. The number of likely N-dealkylation sites (tertiary alicyclic amines) is 1. The van der Waals surface area contributed by atoms with Gasteiger partial charge in [0.05, 0.1) is 24.0 Å². The van der Waals surface area contributed by atoms with E-state index in [-0.39, 0.29) is 36.4 Å². The lowest BCUT2D eigenvalue weighted by Gasteiger charge is -2.36. The molecule has 10 heteroatoms. The second kappa shape index (κ2) is 9.26. The van der Waals surface area contributed by atoms with Crippen molar-refractivity contribution in [3.05, 3.63) is 35.9 Å². The number of nitrogens with zero attached hydrogens (tertiary/aromatic N) is 4. The summed E-state index contributed by atoms with van der Waals surface area (Å²) >= 11 is 5.20. The largest absolute Gasteiger partial charge is 0.391 e. The highest BCUT2D eigenvalue weighted by atomic mass is 32.1. The number of aliphatic hydroxyl groups excluding tert-OH is 1. The second-order valence-electron chi connectivity index (χ2n) is 9.78. The fraction of sp³-hybridized carbons (Fsp3) is 0.522. The Balaban J connectivity index is 1.79. The summed E-state index contributed by atoms with van der Waals surface area (Å²) in [7, 11) is 1.63. The Morgan fingerprint density at radius 3 is 2.61 bits per heavy atom. The lowest BCUT2D eigenvalue weighted by atomic mass is 9.90. The minimum absolute atomic E-state index is 0.0435. The van der Waals surface area contributed by atoms with Gasteiger partial charge in [0.2, 0.25) is 5.91 Å². The highest BCUT2D eigenvalue weighted by Gasteiger charge is 2.52. The van der Waals surface area contributed by atoms with Crippen LogP contribution in [0.25, 0.3) is 11.4 Å². The lowest BCUT2D eigenvalue weighted by Crippen LogP contribution is -2.58. The Labute approximate surface area is 198 Å². The van der Waals surface area contributed by atoms with Gasteiger partial charge in [0, 0.05) is 38.0 Å². The van der Waals surface area contributed by atoms with Gasteiger partial charge in [-0.05, 0) is 24.0 Å². The number of hydrogen-bond acceptors (Lipinski definition) is 6. The first-order chi connectivity index (χ1) is 15.4. The third kappa shape index (κ3) is 5.11. The molecule has 3 heterocycles. The number of hydrogen-bond donors (Lipinski definition) is 2. The molecule has 0 aliphatic carbocycles. The number of carbonyl (C=O) groups excluding carboxylic acids is 2. The van der Waals surface area contributed by atoms with Gasteiger partial charge in [-0.15, -0.1) is 0 Å². The zero-order valence-corrected chi connectivity index (χ0v) is 20.3. The molecule has 2 amide bonds. The zero-order valence-electron chi connectivity index (χ0n) is 19.5. The van der Waals surface area contributed by atoms with Crippen molar-refractivity contribution >= 4 is 29.4 Å². The molecule has 178 valence electrons. The molecule has 0 unspecified atom stereocenters. The van der Waals surface area contributed by atoms with Gasteiger partial charge < -0.3 is 15.3 Å². The molecule has 2 N–H and O–H groups in total. The van der Waals surface area contributed by atoms with Crippen molar-refractivity contribution in [3.8, 4) is 11.4 Å². The molecule has 2 aromatic heterocycles. The summed E-state index contributed by atoms with van der Waals surface area (Å²) in [6, 6.07) is 2.95. The van der Waals surface area contributed by atoms with Crippen LogP contribution < -0.4 is 5.32 Å². The van der Waals surface area contributed by atoms with Crippen LogP contribution in [0.3, 0.4) is 0 Å². The molecule has 1 fully saturated rings. The number of halogens is 1. The highest BCUT2D eigenvalue weighted by molar-refractivity contribution is 7.79. The Kier molecular flexibility index (Phi) is 6.99. The predicted octanol–water partition coefficient (Wildman–Crippen LogP) is 2.57. The van der Waals surface area contributed by atoms with Gasteiger partial charge in [0.15, 0.2) is 11.4 Å². The highest BCUT2D eigenvalue weighted by Crippen LogP contribution is 2.33. The van der Waals surface area contributed by atoms with Crippen LogP contribution >= 0.6 is 12.2 Å². The van der Waals surface area contributed by atoms with Crippen LogP contribution in [0.1, 0.15) is 52.1 Å². The van der Waals surface area contributed by atoms with E-state index in [4.69, 9.17) is 12.2 Å². The maximum atomic E-state index is 14.0. The van der Waals surface area contributed by atoms with Crippen LogP contribution in [0.5, 0.6) is 0 Å². The Hall–Kier alpha value is -2.72. The average molecular weight is 476 g/mol. The summed E-state index contributed by atoms with van der Waals surface area (Å²) < 4.78 is 15.4. The SMILES string of the molecule is C[C@H](NC(=O)[C@]1(C=S)C[C@@H](O)CN1C(=O)CC(C)(C)C)c1ccc(-c2c(F)cnn2C)nc1. The normalized spacial score (nSPS) is 21.7. The third-order valence-electron chi connectivity index (χ3n) is 5.76. The molecule has 3 atom stereocenters. The summed E-state index contributed by atoms with van der Waals surface area (Å²) in [5.74, 6) is -1.15. The maximum Gasteiger partial charge on any atom is 0.251 e. The second-order valence-corrected chi connectivity index (χ2v) is 10.0.